The molecule has 0 aromatic rings. The molecule has 1 aliphatic heterocycles. The molecular formula is C13H27NO. The topological polar surface area (TPSA) is 21.3 Å². The van der Waals surface area contributed by atoms with Crippen LogP contribution in [-0.2, 0) is 4.74 Å². The van der Waals surface area contributed by atoms with Crippen molar-refractivity contribution in [3.05, 3.63) is 0 Å². The van der Waals surface area contributed by atoms with Crippen molar-refractivity contribution in [3.8, 4) is 0 Å². The Hall–Kier alpha value is -0.0800. The van der Waals surface area contributed by atoms with Gasteiger partial charge in [0.2, 0.25) is 0 Å². The van der Waals surface area contributed by atoms with Gasteiger partial charge in [-0.15, -0.1) is 0 Å². The summed E-state index contributed by atoms with van der Waals surface area (Å²) in [7, 11) is 2.08. The minimum Gasteiger partial charge on any atom is -0.378 e. The highest BCUT2D eigenvalue weighted by atomic mass is 16.5. The summed E-state index contributed by atoms with van der Waals surface area (Å²) in [6, 6.07) is 0.642. The van der Waals surface area contributed by atoms with Crippen molar-refractivity contribution < 1.29 is 4.74 Å². The molecule has 1 rings (SSSR count). The molecule has 0 saturated carbocycles. The highest BCUT2D eigenvalue weighted by Gasteiger charge is 2.19. The molecule has 2 heteroatoms. The molecule has 3 atom stereocenters. The van der Waals surface area contributed by atoms with Crippen LogP contribution in [0, 0.1) is 5.92 Å². The van der Waals surface area contributed by atoms with Gasteiger partial charge in [-0.05, 0) is 45.1 Å². The van der Waals surface area contributed by atoms with Crippen molar-refractivity contribution in [1.82, 2.24) is 5.32 Å². The zero-order valence-corrected chi connectivity index (χ0v) is 10.6. The number of hydrogen-bond acceptors (Lipinski definition) is 2. The molecule has 0 spiro atoms. The van der Waals surface area contributed by atoms with Crippen molar-refractivity contribution >= 4 is 0 Å². The fraction of sp³-hybridized carbons (Fsp3) is 1.00. The van der Waals surface area contributed by atoms with Crippen LogP contribution in [0.3, 0.4) is 0 Å². The molecule has 3 unspecified atom stereocenters. The Balaban J connectivity index is 2.25. The van der Waals surface area contributed by atoms with E-state index in [0.29, 0.717) is 12.1 Å². The summed E-state index contributed by atoms with van der Waals surface area (Å²) in [4.78, 5) is 0. The molecule has 1 saturated heterocycles. The lowest BCUT2D eigenvalue weighted by atomic mass is 9.93. The van der Waals surface area contributed by atoms with Crippen LogP contribution in [0.25, 0.3) is 0 Å². The molecule has 0 aliphatic carbocycles. The van der Waals surface area contributed by atoms with E-state index in [1.165, 1.54) is 38.5 Å². The lowest BCUT2D eigenvalue weighted by Crippen LogP contribution is -2.33. The number of hydrogen-bond donors (Lipinski definition) is 1. The standard InChI is InChI=1S/C13H27NO/c1-4-11(2)9-12(14-3)10-13-7-5-6-8-15-13/h11-14H,4-10H2,1-3H3. The van der Waals surface area contributed by atoms with Crippen molar-refractivity contribution in [2.75, 3.05) is 13.7 Å². The van der Waals surface area contributed by atoms with Crippen molar-refractivity contribution in [1.29, 1.82) is 0 Å². The SMILES string of the molecule is CCC(C)CC(CC1CCCCO1)NC. The van der Waals surface area contributed by atoms with Crippen molar-refractivity contribution in [3.63, 3.8) is 0 Å². The van der Waals surface area contributed by atoms with E-state index in [1.54, 1.807) is 0 Å². The molecule has 0 aromatic heterocycles. The summed E-state index contributed by atoms with van der Waals surface area (Å²) in [5.41, 5.74) is 0. The largest absolute Gasteiger partial charge is 0.378 e. The summed E-state index contributed by atoms with van der Waals surface area (Å²) >= 11 is 0. The summed E-state index contributed by atoms with van der Waals surface area (Å²) in [6.07, 6.45) is 8.15. The molecule has 90 valence electrons. The predicted octanol–water partition coefficient (Wildman–Crippen LogP) is 2.97. The fourth-order valence-electron chi connectivity index (χ4n) is 2.29. The minimum atomic E-state index is 0.514. The molecule has 2 nitrogen and oxygen atoms in total. The Bertz CT molecular complexity index is 155. The Morgan fingerprint density at radius 1 is 1.40 bits per heavy atom. The third-order valence-electron chi connectivity index (χ3n) is 3.61. The first kappa shape index (κ1) is 13.0. The van der Waals surface area contributed by atoms with Crippen molar-refractivity contribution in [2.45, 2.75) is 64.5 Å². The van der Waals surface area contributed by atoms with Gasteiger partial charge in [0.15, 0.2) is 0 Å². The summed E-state index contributed by atoms with van der Waals surface area (Å²) in [5, 5.41) is 3.43. The van der Waals surface area contributed by atoms with Gasteiger partial charge in [-0.1, -0.05) is 20.3 Å². The Morgan fingerprint density at radius 3 is 2.73 bits per heavy atom. The zero-order valence-electron chi connectivity index (χ0n) is 10.6. The molecule has 1 heterocycles. The van der Waals surface area contributed by atoms with Crippen LogP contribution in [0.2, 0.25) is 0 Å². The van der Waals surface area contributed by atoms with Crippen LogP contribution in [0.1, 0.15) is 52.4 Å². The van der Waals surface area contributed by atoms with Crippen LogP contribution in [-0.4, -0.2) is 25.8 Å². The highest BCUT2D eigenvalue weighted by Crippen LogP contribution is 2.20. The molecule has 0 amide bonds. The van der Waals surface area contributed by atoms with Gasteiger partial charge in [0.05, 0.1) is 6.10 Å². The highest BCUT2D eigenvalue weighted by molar-refractivity contribution is 4.74. The van der Waals surface area contributed by atoms with E-state index in [4.69, 9.17) is 4.74 Å². The van der Waals surface area contributed by atoms with Crippen LogP contribution >= 0.6 is 0 Å². The van der Waals surface area contributed by atoms with E-state index in [1.807, 2.05) is 0 Å². The van der Waals surface area contributed by atoms with Crippen LogP contribution in [0.5, 0.6) is 0 Å². The van der Waals surface area contributed by atoms with E-state index < -0.39 is 0 Å². The van der Waals surface area contributed by atoms with E-state index in [9.17, 15) is 0 Å². The quantitative estimate of drug-likeness (QED) is 0.732. The predicted molar refractivity (Wildman–Crippen MR) is 65.1 cm³/mol. The van der Waals surface area contributed by atoms with Crippen LogP contribution in [0.15, 0.2) is 0 Å². The Morgan fingerprint density at radius 2 is 2.20 bits per heavy atom. The maximum atomic E-state index is 5.79. The first-order chi connectivity index (χ1) is 7.26. The summed E-state index contributed by atoms with van der Waals surface area (Å²) in [5.74, 6) is 0.825. The second-order valence-corrected chi connectivity index (χ2v) is 4.96. The van der Waals surface area contributed by atoms with Crippen molar-refractivity contribution in [2.24, 2.45) is 5.92 Å². The Kier molecular flexibility index (Phi) is 6.26. The van der Waals surface area contributed by atoms with Crippen LogP contribution < -0.4 is 5.32 Å². The van der Waals surface area contributed by atoms with Gasteiger partial charge in [0.1, 0.15) is 0 Å². The third-order valence-corrected chi connectivity index (χ3v) is 3.61. The smallest absolute Gasteiger partial charge is 0.0590 e. The lowest BCUT2D eigenvalue weighted by Gasteiger charge is -2.28. The maximum absolute atomic E-state index is 5.79. The molecule has 15 heavy (non-hydrogen) atoms. The molecule has 1 fully saturated rings. The van der Waals surface area contributed by atoms with Crippen LogP contribution in [0.4, 0.5) is 0 Å². The van der Waals surface area contributed by atoms with Gasteiger partial charge >= 0.3 is 0 Å². The van der Waals surface area contributed by atoms with Gasteiger partial charge in [0, 0.05) is 12.6 Å². The first-order valence-electron chi connectivity index (χ1n) is 6.55. The zero-order chi connectivity index (χ0) is 11.1. The second kappa shape index (κ2) is 7.24. The van der Waals surface area contributed by atoms with E-state index in [-0.39, 0.29) is 0 Å². The molecule has 0 aromatic carbocycles. The minimum absolute atomic E-state index is 0.514. The number of nitrogens with one attached hydrogen (secondary N) is 1. The maximum Gasteiger partial charge on any atom is 0.0590 e. The monoisotopic (exact) mass is 213 g/mol. The normalized spacial score (nSPS) is 26.2. The first-order valence-corrected chi connectivity index (χ1v) is 6.55. The summed E-state index contributed by atoms with van der Waals surface area (Å²) in [6.45, 7) is 5.59. The molecule has 0 bridgehead atoms. The molecular weight excluding hydrogens is 186 g/mol. The molecule has 1 N–H and O–H groups in total. The Labute approximate surface area is 94.8 Å². The summed E-state index contributed by atoms with van der Waals surface area (Å²) < 4.78 is 5.79. The van der Waals surface area contributed by atoms with Gasteiger partial charge in [-0.2, -0.15) is 0 Å². The molecule has 1 aliphatic rings. The number of rotatable bonds is 6. The average molecular weight is 213 g/mol. The molecule has 0 radical (unpaired) electrons. The number of ether oxygens (including phenoxy) is 1. The fourth-order valence-corrected chi connectivity index (χ4v) is 2.29. The average Bonchev–Trinajstić information content (AvgIpc) is 2.29. The van der Waals surface area contributed by atoms with E-state index >= 15 is 0 Å². The van der Waals surface area contributed by atoms with Gasteiger partial charge in [0.25, 0.3) is 0 Å². The second-order valence-electron chi connectivity index (χ2n) is 4.96. The van der Waals surface area contributed by atoms with Gasteiger partial charge in [-0.3, -0.25) is 0 Å². The van der Waals surface area contributed by atoms with E-state index in [0.717, 1.165) is 12.5 Å². The van der Waals surface area contributed by atoms with E-state index in [2.05, 4.69) is 26.2 Å². The lowest BCUT2D eigenvalue weighted by molar-refractivity contribution is 0.00431. The van der Waals surface area contributed by atoms with Gasteiger partial charge < -0.3 is 10.1 Å². The van der Waals surface area contributed by atoms with Gasteiger partial charge in [-0.25, -0.2) is 0 Å². The third kappa shape index (κ3) is 4.98.